The number of amides is 3. The van der Waals surface area contributed by atoms with E-state index in [1.807, 2.05) is 0 Å². The average Bonchev–Trinajstić information content (AvgIpc) is 3.24. The van der Waals surface area contributed by atoms with Crippen LogP contribution in [0.25, 0.3) is 0 Å². The van der Waals surface area contributed by atoms with E-state index in [4.69, 9.17) is 28.8 Å². The van der Waals surface area contributed by atoms with Crippen LogP contribution in [-0.2, 0) is 55.4 Å². The lowest BCUT2D eigenvalue weighted by Gasteiger charge is -2.29. The van der Waals surface area contributed by atoms with Gasteiger partial charge >= 0.3 is 5.97 Å². The highest BCUT2D eigenvalue weighted by Crippen LogP contribution is 2.31. The summed E-state index contributed by atoms with van der Waals surface area (Å²) in [4.78, 5) is 48.9. The third kappa shape index (κ3) is 9.74. The first-order valence-electron chi connectivity index (χ1n) is 12.6. The number of carbonyl (C=O) groups excluding carboxylic acids is 3. The Morgan fingerprint density at radius 2 is 1.51 bits per heavy atom. The van der Waals surface area contributed by atoms with Crippen LogP contribution in [0.1, 0.15) is 28.8 Å². The number of nitrogens with one attached hydrogen (secondary N) is 1. The maximum atomic E-state index is 13.0. The van der Waals surface area contributed by atoms with Crippen LogP contribution in [0.4, 0.5) is 0 Å². The first kappa shape index (κ1) is 30.8. The lowest BCUT2D eigenvalue weighted by atomic mass is 10.0. The molecule has 3 amide bonds. The first-order valence-corrected chi connectivity index (χ1v) is 14.0. The number of nitrogens with zero attached hydrogens (tertiary/aromatic N) is 1. The zero-order valence-corrected chi connectivity index (χ0v) is 22.4. The van der Waals surface area contributed by atoms with Crippen LogP contribution in [0.5, 0.6) is 0 Å². The van der Waals surface area contributed by atoms with Crippen LogP contribution in [0.2, 0.25) is 0 Å². The number of imide groups is 1. The Hall–Kier alpha value is -2.75. The molecule has 3 rings (SSSR count). The van der Waals surface area contributed by atoms with Crippen molar-refractivity contribution in [1.82, 2.24) is 10.2 Å². The summed E-state index contributed by atoms with van der Waals surface area (Å²) in [6.07, 6.45) is 0.444. The molecule has 1 aromatic carbocycles. The Bertz CT molecular complexity index is 1040. The molecule has 0 aromatic heterocycles. The van der Waals surface area contributed by atoms with E-state index >= 15 is 0 Å². The third-order valence-corrected chi connectivity index (χ3v) is 7.32. The summed E-state index contributed by atoms with van der Waals surface area (Å²) >= 11 is 0. The van der Waals surface area contributed by atoms with Crippen LogP contribution in [0, 0.1) is 0 Å². The number of aliphatic carboxylic acids is 1. The van der Waals surface area contributed by atoms with Gasteiger partial charge in [0.15, 0.2) is 0 Å². The summed E-state index contributed by atoms with van der Waals surface area (Å²) in [5.74, 6) is -1.90. The molecule has 2 unspecified atom stereocenters. The van der Waals surface area contributed by atoms with E-state index in [0.717, 1.165) is 0 Å². The highest BCUT2D eigenvalue weighted by molar-refractivity contribution is 7.85. The van der Waals surface area contributed by atoms with Gasteiger partial charge < -0.3 is 33.7 Å². The minimum Gasteiger partial charge on any atom is -0.480 e. The van der Waals surface area contributed by atoms with Gasteiger partial charge in [-0.05, 0) is 18.6 Å². The summed E-state index contributed by atoms with van der Waals surface area (Å²) in [6.45, 7) is 2.76. The maximum Gasteiger partial charge on any atom is 0.329 e. The van der Waals surface area contributed by atoms with E-state index in [1.54, 1.807) is 18.2 Å². The van der Waals surface area contributed by atoms with Crippen molar-refractivity contribution in [2.24, 2.45) is 0 Å². The molecule has 14 heteroatoms. The molecule has 39 heavy (non-hydrogen) atoms. The van der Waals surface area contributed by atoms with Crippen LogP contribution < -0.4 is 5.32 Å². The number of rotatable bonds is 19. The van der Waals surface area contributed by atoms with Crippen LogP contribution >= 0.6 is 0 Å². The number of carboxylic acid groups (broad SMARTS) is 1. The van der Waals surface area contributed by atoms with E-state index in [2.05, 4.69) is 5.32 Å². The van der Waals surface area contributed by atoms with Crippen molar-refractivity contribution in [3.8, 4) is 0 Å². The maximum absolute atomic E-state index is 13.0. The second-order valence-corrected chi connectivity index (χ2v) is 10.2. The van der Waals surface area contributed by atoms with Gasteiger partial charge in [0, 0.05) is 29.0 Å². The molecule has 1 saturated heterocycles. The third-order valence-electron chi connectivity index (χ3n) is 5.91. The van der Waals surface area contributed by atoms with E-state index in [0.29, 0.717) is 62.3 Å². The minimum atomic E-state index is -1.40. The second-order valence-electron chi connectivity index (χ2n) is 8.63. The number of carboxylic acids is 1. The molecule has 1 fully saturated rings. The molecule has 2 aliphatic heterocycles. The van der Waals surface area contributed by atoms with Gasteiger partial charge in [-0.25, -0.2) is 4.79 Å². The van der Waals surface area contributed by atoms with Crippen molar-refractivity contribution in [2.75, 3.05) is 71.8 Å². The molecule has 2 aliphatic rings. The van der Waals surface area contributed by atoms with Gasteiger partial charge in [0.2, 0.25) is 11.8 Å². The highest BCUT2D eigenvalue weighted by Gasteiger charge is 2.40. The van der Waals surface area contributed by atoms with Crippen LogP contribution in [0.3, 0.4) is 0 Å². The predicted molar refractivity (Wildman–Crippen MR) is 135 cm³/mol. The fraction of sp³-hybridized carbons (Fsp3) is 0.600. The van der Waals surface area contributed by atoms with Crippen molar-refractivity contribution in [3.63, 3.8) is 0 Å². The summed E-state index contributed by atoms with van der Waals surface area (Å²) < 4.78 is 39.3. The van der Waals surface area contributed by atoms with Crippen LogP contribution in [-0.4, -0.2) is 116 Å². The summed E-state index contributed by atoms with van der Waals surface area (Å²) in [7, 11) is -1.40. The van der Waals surface area contributed by atoms with Crippen molar-refractivity contribution in [2.45, 2.75) is 30.3 Å². The Kier molecular flexibility index (Phi) is 12.9. The fourth-order valence-corrected chi connectivity index (χ4v) is 5.22. The van der Waals surface area contributed by atoms with Crippen LogP contribution in [0.15, 0.2) is 23.1 Å². The topological polar surface area (TPSA) is 167 Å². The molecule has 2 heterocycles. The van der Waals surface area contributed by atoms with Gasteiger partial charge in [0.05, 0.1) is 76.0 Å². The largest absolute Gasteiger partial charge is 0.480 e. The van der Waals surface area contributed by atoms with Crippen molar-refractivity contribution in [3.05, 3.63) is 29.3 Å². The predicted octanol–water partition coefficient (Wildman–Crippen LogP) is -0.277. The lowest BCUT2D eigenvalue weighted by molar-refractivity contribution is -0.143. The smallest absolute Gasteiger partial charge is 0.329 e. The van der Waals surface area contributed by atoms with E-state index in [1.165, 1.54) is 4.90 Å². The molecule has 2 atom stereocenters. The molecule has 0 radical (unpaired) electrons. The average molecular weight is 571 g/mol. The first-order chi connectivity index (χ1) is 18.9. The highest BCUT2D eigenvalue weighted by atomic mass is 32.2. The Morgan fingerprint density at radius 1 is 0.923 bits per heavy atom. The zero-order valence-electron chi connectivity index (χ0n) is 21.6. The standard InChI is InChI=1S/C25H34N2O11S/c28-22-5-4-20(24(31)26-22)27-16-19-18(25(27)32)2-1-3-21(19)39(33)15-14-37-11-10-35-7-6-34-8-9-36-12-13-38-17-23(29)30/h1-3,20H,4-17H2,(H,29,30)(H,26,28,31). The van der Waals surface area contributed by atoms with Gasteiger partial charge in [-0.15, -0.1) is 0 Å². The minimum absolute atomic E-state index is 0.173. The van der Waals surface area contributed by atoms with Gasteiger partial charge in [-0.3, -0.25) is 23.9 Å². The molecule has 216 valence electrons. The molecule has 0 bridgehead atoms. The fourth-order valence-electron chi connectivity index (χ4n) is 4.05. The van der Waals surface area contributed by atoms with Gasteiger partial charge in [0.1, 0.15) is 12.6 Å². The number of carbonyl (C=O) groups is 4. The quantitative estimate of drug-likeness (QED) is 0.166. The molecular formula is C25H34N2O11S. The van der Waals surface area contributed by atoms with E-state index in [9.17, 15) is 23.4 Å². The molecule has 0 aliphatic carbocycles. The van der Waals surface area contributed by atoms with Gasteiger partial charge in [0.25, 0.3) is 5.91 Å². The van der Waals surface area contributed by atoms with E-state index < -0.39 is 28.7 Å². The molecular weight excluding hydrogens is 536 g/mol. The molecule has 1 aromatic rings. The number of hydrogen-bond donors (Lipinski definition) is 2. The zero-order chi connectivity index (χ0) is 28.0. The SMILES string of the molecule is O=C(O)COCCOCCOCCOCCOCCS(=O)c1cccc2c1CN(C1CCC(=O)NC1=O)C2=O. The molecule has 2 N–H and O–H groups in total. The lowest BCUT2D eigenvalue weighted by Crippen LogP contribution is -2.52. The van der Waals surface area contributed by atoms with E-state index in [-0.39, 0.29) is 56.8 Å². The van der Waals surface area contributed by atoms with Crippen molar-refractivity contribution >= 4 is 34.5 Å². The van der Waals surface area contributed by atoms with Crippen molar-refractivity contribution < 1.29 is 52.2 Å². The Labute approximate surface area is 228 Å². The van der Waals surface area contributed by atoms with Gasteiger partial charge in [-0.1, -0.05) is 6.07 Å². The number of benzene rings is 1. The Balaban J connectivity index is 1.25. The molecule has 13 nitrogen and oxygen atoms in total. The summed E-state index contributed by atoms with van der Waals surface area (Å²) in [6, 6.07) is 4.34. The number of ether oxygens (including phenoxy) is 5. The second kappa shape index (κ2) is 16.4. The van der Waals surface area contributed by atoms with Gasteiger partial charge in [-0.2, -0.15) is 0 Å². The summed E-state index contributed by atoms with van der Waals surface area (Å²) in [5.41, 5.74) is 1.07. The summed E-state index contributed by atoms with van der Waals surface area (Å²) in [5, 5.41) is 10.7. The number of hydrogen-bond acceptors (Lipinski definition) is 10. The van der Waals surface area contributed by atoms with Crippen molar-refractivity contribution in [1.29, 1.82) is 0 Å². The Morgan fingerprint density at radius 3 is 2.10 bits per heavy atom. The number of piperidine rings is 1. The normalized spacial score (nSPS) is 17.8. The monoisotopic (exact) mass is 570 g/mol. The number of fused-ring (bicyclic) bond motifs is 1. The molecule has 0 spiro atoms. The molecule has 0 saturated carbocycles.